The predicted octanol–water partition coefficient (Wildman–Crippen LogP) is 2.87. The van der Waals surface area contributed by atoms with Crippen LogP contribution < -0.4 is 11.2 Å². The number of pyridine rings is 1. The normalized spacial score (nSPS) is 31.0. The highest BCUT2D eigenvalue weighted by atomic mass is 32.2. The Bertz CT molecular complexity index is 863. The van der Waals surface area contributed by atoms with Gasteiger partial charge >= 0.3 is 0 Å². The zero-order chi connectivity index (χ0) is 20.0. The maximum absolute atomic E-state index is 12.7. The van der Waals surface area contributed by atoms with Crippen LogP contribution in [0.2, 0.25) is 0 Å². The molecule has 3 N–H and O–H groups in total. The average molecular weight is 413 g/mol. The van der Waals surface area contributed by atoms with Crippen LogP contribution in [0.25, 0.3) is 11.4 Å². The maximum Gasteiger partial charge on any atom is 0.230 e. The van der Waals surface area contributed by atoms with Crippen molar-refractivity contribution in [2.75, 3.05) is 11.6 Å². The van der Waals surface area contributed by atoms with Crippen molar-refractivity contribution < 1.29 is 4.79 Å². The summed E-state index contributed by atoms with van der Waals surface area (Å²) in [6.07, 6.45) is 11.5. The maximum atomic E-state index is 12.7. The van der Waals surface area contributed by atoms with Gasteiger partial charge in [-0.1, -0.05) is 11.8 Å². The van der Waals surface area contributed by atoms with Crippen molar-refractivity contribution in [3.05, 3.63) is 24.5 Å². The van der Waals surface area contributed by atoms with Crippen molar-refractivity contribution in [3.8, 4) is 11.4 Å². The van der Waals surface area contributed by atoms with Crippen molar-refractivity contribution in [2.45, 2.75) is 56.6 Å². The molecule has 0 spiro atoms. The molecule has 4 bridgehead atoms. The lowest BCUT2D eigenvalue weighted by molar-refractivity contribution is -0.123. The first kappa shape index (κ1) is 18.9. The van der Waals surface area contributed by atoms with Gasteiger partial charge in [0.25, 0.3) is 0 Å². The molecule has 7 nitrogen and oxygen atoms in total. The molecule has 4 fully saturated rings. The minimum absolute atomic E-state index is 0.0455. The Balaban J connectivity index is 1.19. The second-order valence-electron chi connectivity index (χ2n) is 9.28. The lowest BCUT2D eigenvalue weighted by Gasteiger charge is -2.59. The van der Waals surface area contributed by atoms with E-state index in [1.54, 1.807) is 12.4 Å². The molecule has 1 amide bonds. The number of hydrogen-bond acceptors (Lipinski definition) is 6. The van der Waals surface area contributed by atoms with Crippen molar-refractivity contribution in [2.24, 2.45) is 23.2 Å². The molecule has 1 atom stereocenters. The number of thioether (sulfide) groups is 1. The molecule has 4 aliphatic rings. The van der Waals surface area contributed by atoms with E-state index >= 15 is 0 Å². The summed E-state index contributed by atoms with van der Waals surface area (Å²) in [7, 11) is 0. The summed E-state index contributed by atoms with van der Waals surface area (Å²) >= 11 is 1.32. The lowest BCUT2D eigenvalue weighted by atomic mass is 9.48. The molecule has 2 aromatic rings. The molecular formula is C21H28N6OS. The second-order valence-corrected chi connectivity index (χ2v) is 10.2. The summed E-state index contributed by atoms with van der Waals surface area (Å²) in [4.78, 5) is 16.8. The fraction of sp³-hybridized carbons (Fsp3) is 0.619. The van der Waals surface area contributed by atoms with Gasteiger partial charge in [-0.3, -0.25) is 9.78 Å². The molecule has 0 unspecified atom stereocenters. The standard InChI is InChI=1S/C21H28N6OS/c1-13(21-8-14-5-15(9-21)7-16(6-14)10-21)24-18(28)12-29-20-26-25-19(27(20)22)17-3-2-4-23-11-17/h2-4,11,13-16H,5-10,12,22H2,1H3,(H,24,28)/t13-,14?,15?,16?,21?/m0/s1. The van der Waals surface area contributed by atoms with Crippen molar-refractivity contribution in [1.82, 2.24) is 25.2 Å². The summed E-state index contributed by atoms with van der Waals surface area (Å²) in [5.41, 5.74) is 1.12. The minimum atomic E-state index is 0.0455. The van der Waals surface area contributed by atoms with Gasteiger partial charge in [0.2, 0.25) is 11.1 Å². The molecule has 0 saturated heterocycles. The van der Waals surface area contributed by atoms with Crippen LogP contribution in [-0.2, 0) is 4.79 Å². The molecule has 2 heterocycles. The molecule has 29 heavy (non-hydrogen) atoms. The third kappa shape index (κ3) is 3.52. The highest BCUT2D eigenvalue weighted by molar-refractivity contribution is 7.99. The van der Waals surface area contributed by atoms with E-state index < -0.39 is 0 Å². The largest absolute Gasteiger partial charge is 0.352 e. The SMILES string of the molecule is C[C@H](NC(=O)CSc1nnc(-c2cccnc2)n1N)C12CC3CC(CC(C3)C1)C2. The van der Waals surface area contributed by atoms with Gasteiger partial charge < -0.3 is 11.2 Å². The second kappa shape index (κ2) is 7.31. The van der Waals surface area contributed by atoms with Crippen LogP contribution in [0.15, 0.2) is 29.7 Å². The smallest absolute Gasteiger partial charge is 0.230 e. The molecule has 2 aromatic heterocycles. The summed E-state index contributed by atoms with van der Waals surface area (Å²) in [6, 6.07) is 3.94. The van der Waals surface area contributed by atoms with E-state index in [1.807, 2.05) is 12.1 Å². The van der Waals surface area contributed by atoms with Gasteiger partial charge in [0.1, 0.15) is 0 Å². The van der Waals surface area contributed by atoms with Crippen LogP contribution in [0, 0.1) is 23.2 Å². The first-order chi connectivity index (χ1) is 14.0. The molecule has 8 heteroatoms. The number of nitrogens with zero attached hydrogens (tertiary/aromatic N) is 4. The highest BCUT2D eigenvalue weighted by Gasteiger charge is 2.53. The van der Waals surface area contributed by atoms with Gasteiger partial charge in [-0.2, -0.15) is 0 Å². The molecular weight excluding hydrogens is 384 g/mol. The number of nitrogen functional groups attached to an aromatic ring is 1. The molecule has 0 radical (unpaired) electrons. The van der Waals surface area contributed by atoms with E-state index in [-0.39, 0.29) is 11.9 Å². The van der Waals surface area contributed by atoms with Gasteiger partial charge in [-0.05, 0) is 80.8 Å². The van der Waals surface area contributed by atoms with E-state index in [0.29, 0.717) is 22.1 Å². The highest BCUT2D eigenvalue weighted by Crippen LogP contribution is 2.61. The number of amides is 1. The molecule has 154 valence electrons. The van der Waals surface area contributed by atoms with E-state index in [9.17, 15) is 4.79 Å². The third-order valence-corrected chi connectivity index (χ3v) is 8.24. The van der Waals surface area contributed by atoms with Gasteiger partial charge in [0, 0.05) is 24.0 Å². The number of carbonyl (C=O) groups excluding carboxylic acids is 1. The minimum Gasteiger partial charge on any atom is -0.352 e. The Labute approximate surface area is 175 Å². The van der Waals surface area contributed by atoms with E-state index in [4.69, 9.17) is 5.84 Å². The van der Waals surface area contributed by atoms with Crippen LogP contribution >= 0.6 is 11.8 Å². The van der Waals surface area contributed by atoms with E-state index in [1.165, 1.54) is 55.0 Å². The number of aromatic nitrogens is 4. The topological polar surface area (TPSA) is 98.7 Å². The molecule has 6 rings (SSSR count). The monoisotopic (exact) mass is 412 g/mol. The number of rotatable bonds is 6. The molecule has 4 aliphatic carbocycles. The number of nitrogens with two attached hydrogens (primary N) is 1. The lowest BCUT2D eigenvalue weighted by Crippen LogP contribution is -2.56. The van der Waals surface area contributed by atoms with Crippen LogP contribution in [0.5, 0.6) is 0 Å². The third-order valence-electron chi connectivity index (χ3n) is 7.30. The average Bonchev–Trinajstić information content (AvgIpc) is 3.06. The number of hydrogen-bond donors (Lipinski definition) is 2. The van der Waals surface area contributed by atoms with Gasteiger partial charge in [0.15, 0.2) is 5.82 Å². The summed E-state index contributed by atoms with van der Waals surface area (Å²) in [5.74, 6) is 9.67. The Morgan fingerprint density at radius 3 is 2.59 bits per heavy atom. The quantitative estimate of drug-likeness (QED) is 0.559. The Morgan fingerprint density at radius 1 is 1.28 bits per heavy atom. The molecule has 0 aliphatic heterocycles. The first-order valence-corrected chi connectivity index (χ1v) is 11.5. The summed E-state index contributed by atoms with van der Waals surface area (Å²) in [6.45, 7) is 2.21. The van der Waals surface area contributed by atoms with Gasteiger partial charge in [-0.25, -0.2) is 4.68 Å². The van der Waals surface area contributed by atoms with Gasteiger partial charge in [0.05, 0.1) is 5.75 Å². The van der Waals surface area contributed by atoms with Crippen LogP contribution in [0.3, 0.4) is 0 Å². The summed E-state index contributed by atoms with van der Waals surface area (Å²) in [5, 5.41) is 12.1. The zero-order valence-corrected chi connectivity index (χ0v) is 17.6. The van der Waals surface area contributed by atoms with Crippen LogP contribution in [0.1, 0.15) is 45.4 Å². The van der Waals surface area contributed by atoms with E-state index in [0.717, 1.165) is 23.3 Å². The van der Waals surface area contributed by atoms with Crippen LogP contribution in [0.4, 0.5) is 0 Å². The Hall–Kier alpha value is -2.09. The molecule has 0 aromatic carbocycles. The fourth-order valence-electron chi connectivity index (χ4n) is 6.34. The number of nitrogens with one attached hydrogen (secondary N) is 1. The van der Waals surface area contributed by atoms with Crippen molar-refractivity contribution in [1.29, 1.82) is 0 Å². The summed E-state index contributed by atoms with van der Waals surface area (Å²) < 4.78 is 1.43. The zero-order valence-electron chi connectivity index (χ0n) is 16.8. The van der Waals surface area contributed by atoms with Gasteiger partial charge in [-0.15, -0.1) is 10.2 Å². The molecule has 4 saturated carbocycles. The Morgan fingerprint density at radius 2 is 1.97 bits per heavy atom. The predicted molar refractivity (Wildman–Crippen MR) is 112 cm³/mol. The van der Waals surface area contributed by atoms with Crippen molar-refractivity contribution in [3.63, 3.8) is 0 Å². The van der Waals surface area contributed by atoms with E-state index in [2.05, 4.69) is 27.4 Å². The van der Waals surface area contributed by atoms with Crippen LogP contribution in [-0.4, -0.2) is 37.6 Å². The fourth-order valence-corrected chi connectivity index (χ4v) is 7.01. The number of carbonyl (C=O) groups is 1. The van der Waals surface area contributed by atoms with Crippen molar-refractivity contribution >= 4 is 17.7 Å². The Kier molecular flexibility index (Phi) is 4.76. The first-order valence-electron chi connectivity index (χ1n) is 10.6.